The summed E-state index contributed by atoms with van der Waals surface area (Å²) in [6.45, 7) is 2.45. The molecule has 0 spiro atoms. The molecule has 0 radical (unpaired) electrons. The lowest BCUT2D eigenvalue weighted by Crippen LogP contribution is -2.43. The fourth-order valence-corrected chi connectivity index (χ4v) is 2.08. The van der Waals surface area contributed by atoms with Crippen molar-refractivity contribution in [2.45, 2.75) is 12.8 Å². The lowest BCUT2D eigenvalue weighted by Gasteiger charge is -2.33. The van der Waals surface area contributed by atoms with E-state index < -0.39 is 0 Å². The van der Waals surface area contributed by atoms with Crippen LogP contribution < -0.4 is 11.5 Å². The van der Waals surface area contributed by atoms with Gasteiger partial charge in [-0.3, -0.25) is 4.79 Å². The number of amides is 1. The summed E-state index contributed by atoms with van der Waals surface area (Å²) in [7, 11) is 2.07. The van der Waals surface area contributed by atoms with Crippen LogP contribution in [0.15, 0.2) is 0 Å². The highest BCUT2D eigenvalue weighted by molar-refractivity contribution is 5.77. The van der Waals surface area contributed by atoms with Gasteiger partial charge in [-0.05, 0) is 32.4 Å². The Morgan fingerprint density at radius 1 is 1.69 bits per heavy atom. The summed E-state index contributed by atoms with van der Waals surface area (Å²) in [5.74, 6) is -0.0215. The van der Waals surface area contributed by atoms with Crippen LogP contribution in [-0.4, -0.2) is 37.5 Å². The van der Waals surface area contributed by atoms with Gasteiger partial charge in [0.2, 0.25) is 5.91 Å². The predicted molar refractivity (Wildman–Crippen MR) is 52.0 cm³/mol. The SMILES string of the molecule is CN1CCC[C@H]([C@@H](CN)C(N)=O)C1. The van der Waals surface area contributed by atoms with E-state index in [4.69, 9.17) is 11.5 Å². The van der Waals surface area contributed by atoms with E-state index >= 15 is 0 Å². The molecule has 1 rings (SSSR count). The highest BCUT2D eigenvalue weighted by atomic mass is 16.1. The van der Waals surface area contributed by atoms with Crippen molar-refractivity contribution in [2.24, 2.45) is 23.3 Å². The Morgan fingerprint density at radius 2 is 2.38 bits per heavy atom. The second-order valence-corrected chi connectivity index (χ2v) is 3.91. The topological polar surface area (TPSA) is 72.3 Å². The van der Waals surface area contributed by atoms with Crippen molar-refractivity contribution in [2.75, 3.05) is 26.7 Å². The molecule has 4 heteroatoms. The van der Waals surface area contributed by atoms with Crippen LogP contribution in [0.25, 0.3) is 0 Å². The Balaban J connectivity index is 2.52. The van der Waals surface area contributed by atoms with Crippen molar-refractivity contribution in [1.29, 1.82) is 0 Å². The molecule has 76 valence electrons. The molecule has 1 amide bonds. The summed E-state index contributed by atoms with van der Waals surface area (Å²) in [6, 6.07) is 0. The third-order valence-electron chi connectivity index (χ3n) is 2.85. The standard InChI is InChI=1S/C9H19N3O/c1-12-4-2-3-7(6-12)8(5-10)9(11)13/h7-8H,2-6,10H2,1H3,(H2,11,13)/t7-,8+/m0/s1. The Kier molecular flexibility index (Phi) is 3.69. The lowest BCUT2D eigenvalue weighted by atomic mass is 9.85. The van der Waals surface area contributed by atoms with Crippen molar-refractivity contribution in [1.82, 2.24) is 4.90 Å². The molecular weight excluding hydrogens is 166 g/mol. The smallest absolute Gasteiger partial charge is 0.222 e. The molecular formula is C9H19N3O. The van der Waals surface area contributed by atoms with Gasteiger partial charge in [-0.25, -0.2) is 0 Å². The number of primary amides is 1. The average Bonchev–Trinajstić information content (AvgIpc) is 2.04. The molecule has 13 heavy (non-hydrogen) atoms. The van der Waals surface area contributed by atoms with Crippen LogP contribution in [0.5, 0.6) is 0 Å². The van der Waals surface area contributed by atoms with Crippen LogP contribution in [0, 0.1) is 11.8 Å². The Labute approximate surface area is 79.3 Å². The summed E-state index contributed by atoms with van der Waals surface area (Å²) in [4.78, 5) is 13.3. The number of hydrogen-bond donors (Lipinski definition) is 2. The van der Waals surface area contributed by atoms with Crippen LogP contribution in [0.1, 0.15) is 12.8 Å². The Hall–Kier alpha value is -0.610. The molecule has 0 unspecified atom stereocenters. The first-order valence-corrected chi connectivity index (χ1v) is 4.83. The van der Waals surface area contributed by atoms with Gasteiger partial charge in [0, 0.05) is 13.1 Å². The van der Waals surface area contributed by atoms with Crippen molar-refractivity contribution in [3.05, 3.63) is 0 Å². The zero-order valence-corrected chi connectivity index (χ0v) is 8.20. The van der Waals surface area contributed by atoms with E-state index in [1.807, 2.05) is 0 Å². The molecule has 1 aliphatic rings. The maximum atomic E-state index is 11.1. The van der Waals surface area contributed by atoms with Crippen LogP contribution in [-0.2, 0) is 4.79 Å². The van der Waals surface area contributed by atoms with Crippen LogP contribution >= 0.6 is 0 Å². The lowest BCUT2D eigenvalue weighted by molar-refractivity contribution is -0.123. The van der Waals surface area contributed by atoms with Gasteiger partial charge in [-0.2, -0.15) is 0 Å². The number of rotatable bonds is 3. The highest BCUT2D eigenvalue weighted by Crippen LogP contribution is 2.22. The molecule has 1 heterocycles. The minimum atomic E-state index is -0.247. The molecule has 1 saturated heterocycles. The van der Waals surface area contributed by atoms with Gasteiger partial charge in [-0.15, -0.1) is 0 Å². The molecule has 0 saturated carbocycles. The van der Waals surface area contributed by atoms with E-state index in [2.05, 4.69) is 11.9 Å². The first-order chi connectivity index (χ1) is 6.15. The summed E-state index contributed by atoms with van der Waals surface area (Å²) < 4.78 is 0. The van der Waals surface area contributed by atoms with E-state index in [1.54, 1.807) is 0 Å². The third-order valence-corrected chi connectivity index (χ3v) is 2.85. The molecule has 0 bridgehead atoms. The fraction of sp³-hybridized carbons (Fsp3) is 0.889. The first-order valence-electron chi connectivity index (χ1n) is 4.83. The van der Waals surface area contributed by atoms with E-state index in [1.165, 1.54) is 0 Å². The normalized spacial score (nSPS) is 27.1. The zero-order chi connectivity index (χ0) is 9.84. The van der Waals surface area contributed by atoms with Crippen LogP contribution in [0.2, 0.25) is 0 Å². The van der Waals surface area contributed by atoms with Crippen molar-refractivity contribution >= 4 is 5.91 Å². The maximum absolute atomic E-state index is 11.1. The van der Waals surface area contributed by atoms with Gasteiger partial charge < -0.3 is 16.4 Å². The largest absolute Gasteiger partial charge is 0.369 e. The molecule has 1 aliphatic heterocycles. The number of likely N-dealkylation sites (tertiary alicyclic amines) is 1. The molecule has 4 nitrogen and oxygen atoms in total. The summed E-state index contributed by atoms with van der Waals surface area (Å²) in [5, 5.41) is 0. The Morgan fingerprint density at radius 3 is 2.85 bits per heavy atom. The number of piperidine rings is 1. The average molecular weight is 185 g/mol. The van der Waals surface area contributed by atoms with E-state index in [-0.39, 0.29) is 11.8 Å². The summed E-state index contributed by atoms with van der Waals surface area (Å²) in [6.07, 6.45) is 2.22. The summed E-state index contributed by atoms with van der Waals surface area (Å²) in [5.41, 5.74) is 10.8. The zero-order valence-electron chi connectivity index (χ0n) is 8.20. The molecule has 2 atom stereocenters. The number of carbonyl (C=O) groups is 1. The van der Waals surface area contributed by atoms with Gasteiger partial charge in [-0.1, -0.05) is 0 Å². The number of nitrogens with zero attached hydrogens (tertiary/aromatic N) is 1. The molecule has 0 aromatic rings. The van der Waals surface area contributed by atoms with Crippen molar-refractivity contribution in [3.8, 4) is 0 Å². The quantitative estimate of drug-likeness (QED) is 0.616. The minimum Gasteiger partial charge on any atom is -0.369 e. The monoisotopic (exact) mass is 185 g/mol. The third kappa shape index (κ3) is 2.67. The molecule has 0 aromatic carbocycles. The molecule has 0 aliphatic carbocycles. The van der Waals surface area contributed by atoms with Gasteiger partial charge in [0.25, 0.3) is 0 Å². The maximum Gasteiger partial charge on any atom is 0.222 e. The predicted octanol–water partition coefficient (Wildman–Crippen LogP) is -0.612. The van der Waals surface area contributed by atoms with Crippen molar-refractivity contribution < 1.29 is 4.79 Å². The second-order valence-electron chi connectivity index (χ2n) is 3.91. The number of hydrogen-bond acceptors (Lipinski definition) is 3. The first kappa shape index (κ1) is 10.5. The van der Waals surface area contributed by atoms with Gasteiger partial charge in [0.05, 0.1) is 5.92 Å². The second kappa shape index (κ2) is 4.58. The van der Waals surface area contributed by atoms with E-state index in [9.17, 15) is 4.79 Å². The van der Waals surface area contributed by atoms with E-state index in [0.717, 1.165) is 25.9 Å². The van der Waals surface area contributed by atoms with Gasteiger partial charge in [0.1, 0.15) is 0 Å². The van der Waals surface area contributed by atoms with Crippen molar-refractivity contribution in [3.63, 3.8) is 0 Å². The number of nitrogens with two attached hydrogens (primary N) is 2. The van der Waals surface area contributed by atoms with E-state index in [0.29, 0.717) is 12.5 Å². The highest BCUT2D eigenvalue weighted by Gasteiger charge is 2.28. The fourth-order valence-electron chi connectivity index (χ4n) is 2.08. The number of carbonyl (C=O) groups excluding carboxylic acids is 1. The molecule has 4 N–H and O–H groups in total. The minimum absolute atomic E-state index is 0.136. The Bertz CT molecular complexity index is 184. The van der Waals surface area contributed by atoms with Crippen LogP contribution in [0.3, 0.4) is 0 Å². The van der Waals surface area contributed by atoms with Gasteiger partial charge in [0.15, 0.2) is 0 Å². The van der Waals surface area contributed by atoms with Gasteiger partial charge >= 0.3 is 0 Å². The summed E-state index contributed by atoms with van der Waals surface area (Å²) >= 11 is 0. The molecule has 0 aromatic heterocycles. The molecule has 1 fully saturated rings. The van der Waals surface area contributed by atoms with Crippen LogP contribution in [0.4, 0.5) is 0 Å².